The first-order valence-electron chi connectivity index (χ1n) is 33.3. The van der Waals surface area contributed by atoms with Crippen molar-refractivity contribution in [1.82, 2.24) is 0 Å². The van der Waals surface area contributed by atoms with Crippen molar-refractivity contribution in [3.63, 3.8) is 0 Å². The number of ether oxygens (including phenoxy) is 3. The van der Waals surface area contributed by atoms with Crippen molar-refractivity contribution in [2.45, 2.75) is 354 Å². The summed E-state index contributed by atoms with van der Waals surface area (Å²) in [5.41, 5.74) is 0. The van der Waals surface area contributed by atoms with E-state index in [-0.39, 0.29) is 37.5 Å². The Hall–Kier alpha value is -2.89. The van der Waals surface area contributed by atoms with Crippen molar-refractivity contribution >= 4 is 17.9 Å². The number of hydrogen-bond acceptors (Lipinski definition) is 6. The van der Waals surface area contributed by atoms with E-state index >= 15 is 0 Å². The van der Waals surface area contributed by atoms with Gasteiger partial charge in [0.2, 0.25) is 0 Å². The molecule has 0 bridgehead atoms. The highest BCUT2D eigenvalue weighted by molar-refractivity contribution is 5.71. The van der Waals surface area contributed by atoms with Crippen LogP contribution in [0.5, 0.6) is 0 Å². The molecule has 442 valence electrons. The fourth-order valence-electron chi connectivity index (χ4n) is 9.81. The van der Waals surface area contributed by atoms with Crippen LogP contribution in [0, 0.1) is 0 Å². The topological polar surface area (TPSA) is 78.9 Å². The first-order chi connectivity index (χ1) is 37.5. The van der Waals surface area contributed by atoms with Gasteiger partial charge in [-0.25, -0.2) is 0 Å². The van der Waals surface area contributed by atoms with Crippen LogP contribution in [0.1, 0.15) is 348 Å². The van der Waals surface area contributed by atoms with Gasteiger partial charge in [-0.15, -0.1) is 0 Å². The van der Waals surface area contributed by atoms with Gasteiger partial charge in [-0.2, -0.15) is 0 Å². The minimum absolute atomic E-state index is 0.0921. The predicted octanol–water partition coefficient (Wildman–Crippen LogP) is 22.7. The molecule has 0 aliphatic rings. The average Bonchev–Trinajstić information content (AvgIpc) is 3.42. The van der Waals surface area contributed by atoms with Gasteiger partial charge in [0.25, 0.3) is 0 Å². The van der Waals surface area contributed by atoms with Crippen LogP contribution in [0.25, 0.3) is 0 Å². The molecule has 0 heterocycles. The van der Waals surface area contributed by atoms with Crippen molar-refractivity contribution in [2.24, 2.45) is 0 Å². The van der Waals surface area contributed by atoms with E-state index in [9.17, 15) is 14.4 Å². The molecule has 1 unspecified atom stereocenters. The molecule has 0 aromatic carbocycles. The van der Waals surface area contributed by atoms with Gasteiger partial charge in [-0.1, -0.05) is 319 Å². The standard InChI is InChI=1S/C70H126O6/c1-4-7-10-13-16-19-22-25-27-29-31-32-33-34-35-36-37-38-39-41-42-45-48-51-54-57-60-63-69(72)75-66-67(65-74-68(71)62-59-56-53-50-47-44-24-21-18-15-12-9-6-3)76-70(73)64-61-58-55-52-49-46-43-40-30-28-26-23-20-17-14-11-8-5-2/h9,12,18,21,29,31,44,47,53,56,67H,4-8,10-11,13-17,19-20,22-28,30,32-43,45-46,48-52,54-55,57-66H2,1-3H3/b12-9-,21-18-,31-29-,47-44-,56-53-. The molecule has 0 N–H and O–H groups in total. The monoisotopic (exact) mass is 1060 g/mol. The van der Waals surface area contributed by atoms with Gasteiger partial charge in [-0.3, -0.25) is 14.4 Å². The number of esters is 3. The molecule has 0 spiro atoms. The third-order valence-electron chi connectivity index (χ3n) is 14.8. The second kappa shape index (κ2) is 64.6. The minimum atomic E-state index is -0.801. The van der Waals surface area contributed by atoms with Crippen molar-refractivity contribution in [1.29, 1.82) is 0 Å². The molecule has 0 amide bonds. The lowest BCUT2D eigenvalue weighted by atomic mass is 10.0. The first kappa shape index (κ1) is 73.1. The lowest BCUT2D eigenvalue weighted by Gasteiger charge is -2.18. The van der Waals surface area contributed by atoms with Crippen molar-refractivity contribution in [3.8, 4) is 0 Å². The second-order valence-corrected chi connectivity index (χ2v) is 22.4. The Morgan fingerprint density at radius 2 is 0.539 bits per heavy atom. The quantitative estimate of drug-likeness (QED) is 0.0261. The van der Waals surface area contributed by atoms with Crippen LogP contribution in [-0.2, 0) is 28.6 Å². The third kappa shape index (κ3) is 62.0. The van der Waals surface area contributed by atoms with Gasteiger partial charge in [0.05, 0.1) is 0 Å². The zero-order valence-corrected chi connectivity index (χ0v) is 50.8. The van der Waals surface area contributed by atoms with Crippen molar-refractivity contribution in [2.75, 3.05) is 13.2 Å². The third-order valence-corrected chi connectivity index (χ3v) is 14.8. The summed E-state index contributed by atoms with van der Waals surface area (Å²) in [7, 11) is 0. The fraction of sp³-hybridized carbons (Fsp3) is 0.814. The molecule has 6 nitrogen and oxygen atoms in total. The SMILES string of the molecule is CC/C=C\C/C=C\C/C=C\C/C=C\CCC(=O)OCC(COC(=O)CCCCCCCCCCCCCCCCC/C=C\CCCCCCCCCC)OC(=O)CCCCCCCCCCCCCCCCCCCC. The maximum atomic E-state index is 12.9. The van der Waals surface area contributed by atoms with E-state index < -0.39 is 6.10 Å². The molecule has 0 fully saturated rings. The predicted molar refractivity (Wildman–Crippen MR) is 330 cm³/mol. The van der Waals surface area contributed by atoms with E-state index in [1.165, 1.54) is 238 Å². The number of allylic oxidation sites excluding steroid dienone is 10. The maximum Gasteiger partial charge on any atom is 0.306 e. The summed E-state index contributed by atoms with van der Waals surface area (Å²) < 4.78 is 16.9. The Bertz CT molecular complexity index is 1360. The van der Waals surface area contributed by atoms with E-state index in [2.05, 4.69) is 75.5 Å². The Kier molecular flexibility index (Phi) is 62.2. The van der Waals surface area contributed by atoms with E-state index in [1.807, 2.05) is 6.08 Å². The van der Waals surface area contributed by atoms with Crippen LogP contribution in [0.3, 0.4) is 0 Å². The summed E-state index contributed by atoms with van der Waals surface area (Å²) in [5.74, 6) is -0.957. The Morgan fingerprint density at radius 3 is 0.882 bits per heavy atom. The van der Waals surface area contributed by atoms with Crippen LogP contribution in [0.4, 0.5) is 0 Å². The smallest absolute Gasteiger partial charge is 0.306 e. The van der Waals surface area contributed by atoms with Gasteiger partial charge < -0.3 is 14.2 Å². The van der Waals surface area contributed by atoms with Crippen LogP contribution >= 0.6 is 0 Å². The highest BCUT2D eigenvalue weighted by Crippen LogP contribution is 2.18. The highest BCUT2D eigenvalue weighted by atomic mass is 16.6. The fourth-order valence-corrected chi connectivity index (χ4v) is 9.81. The summed E-state index contributed by atoms with van der Waals surface area (Å²) in [6.07, 6.45) is 82.7. The molecule has 0 aromatic heterocycles. The van der Waals surface area contributed by atoms with Gasteiger partial charge in [0.15, 0.2) is 6.10 Å². The van der Waals surface area contributed by atoms with Gasteiger partial charge in [-0.05, 0) is 70.6 Å². The zero-order valence-electron chi connectivity index (χ0n) is 50.8. The Morgan fingerprint density at radius 1 is 0.276 bits per heavy atom. The summed E-state index contributed by atoms with van der Waals surface area (Å²) in [6.45, 7) is 6.52. The number of unbranched alkanes of at least 4 members (excludes halogenated alkanes) is 40. The molecular formula is C70H126O6. The zero-order chi connectivity index (χ0) is 55.0. The largest absolute Gasteiger partial charge is 0.462 e. The average molecular weight is 1060 g/mol. The molecule has 0 radical (unpaired) electrons. The summed E-state index contributed by atoms with van der Waals surface area (Å²) >= 11 is 0. The maximum absolute atomic E-state index is 12.9. The first-order valence-corrected chi connectivity index (χ1v) is 33.3. The number of rotatable bonds is 61. The molecule has 0 rings (SSSR count). The number of hydrogen-bond donors (Lipinski definition) is 0. The molecule has 0 aliphatic carbocycles. The molecular weight excluding hydrogens is 937 g/mol. The van der Waals surface area contributed by atoms with Crippen LogP contribution in [0.15, 0.2) is 60.8 Å². The van der Waals surface area contributed by atoms with Crippen LogP contribution in [-0.4, -0.2) is 37.2 Å². The molecule has 0 aromatic rings. The summed E-state index contributed by atoms with van der Waals surface area (Å²) in [4.78, 5) is 38.3. The number of carbonyl (C=O) groups is 3. The normalized spacial score (nSPS) is 12.4. The van der Waals surface area contributed by atoms with E-state index in [0.717, 1.165) is 64.2 Å². The lowest BCUT2D eigenvalue weighted by molar-refractivity contribution is -0.166. The van der Waals surface area contributed by atoms with Gasteiger partial charge >= 0.3 is 17.9 Å². The second-order valence-electron chi connectivity index (χ2n) is 22.4. The number of carbonyl (C=O) groups excluding carboxylic acids is 3. The molecule has 0 aliphatic heterocycles. The Balaban J connectivity index is 4.25. The van der Waals surface area contributed by atoms with Crippen LogP contribution < -0.4 is 0 Å². The van der Waals surface area contributed by atoms with E-state index in [4.69, 9.17) is 14.2 Å². The molecule has 0 saturated carbocycles. The molecule has 6 heteroatoms. The molecule has 0 saturated heterocycles. The van der Waals surface area contributed by atoms with Gasteiger partial charge in [0.1, 0.15) is 13.2 Å². The van der Waals surface area contributed by atoms with Crippen molar-refractivity contribution < 1.29 is 28.6 Å². The summed E-state index contributed by atoms with van der Waals surface area (Å²) in [6, 6.07) is 0. The highest BCUT2D eigenvalue weighted by Gasteiger charge is 2.19. The Labute approximate surface area is 472 Å². The van der Waals surface area contributed by atoms with E-state index in [0.29, 0.717) is 19.3 Å². The van der Waals surface area contributed by atoms with E-state index in [1.54, 1.807) is 0 Å². The van der Waals surface area contributed by atoms with Crippen molar-refractivity contribution in [3.05, 3.63) is 60.8 Å². The molecule has 76 heavy (non-hydrogen) atoms. The van der Waals surface area contributed by atoms with Crippen LogP contribution in [0.2, 0.25) is 0 Å². The van der Waals surface area contributed by atoms with Gasteiger partial charge in [0, 0.05) is 19.3 Å². The lowest BCUT2D eigenvalue weighted by Crippen LogP contribution is -2.30. The summed E-state index contributed by atoms with van der Waals surface area (Å²) in [5, 5.41) is 0. The minimum Gasteiger partial charge on any atom is -0.462 e. The molecule has 1 atom stereocenters.